The number of carbonyl (C=O) groups excluding carboxylic acids is 4. The molecule has 4 rings (SSSR count). The minimum atomic E-state index is -3.91. The summed E-state index contributed by atoms with van der Waals surface area (Å²) in [6.07, 6.45) is -9.49. The van der Waals surface area contributed by atoms with Gasteiger partial charge in [-0.2, -0.15) is 8.78 Å². The zero-order valence-corrected chi connectivity index (χ0v) is 17.0. The zero-order valence-electron chi connectivity index (χ0n) is 23.2. The van der Waals surface area contributed by atoms with Crippen molar-refractivity contribution in [2.45, 2.75) is 44.0 Å². The lowest BCUT2D eigenvalue weighted by Crippen LogP contribution is -2.52. The Bertz CT molecular complexity index is 1410. The number of benzene rings is 2. The second kappa shape index (κ2) is 8.43. The number of imide groups is 1. The van der Waals surface area contributed by atoms with Gasteiger partial charge in [-0.1, -0.05) is 35.9 Å². The molecule has 1 N–H and O–H groups in total. The highest BCUT2D eigenvalue weighted by molar-refractivity contribution is 6.30. The van der Waals surface area contributed by atoms with E-state index >= 15 is 0 Å². The molecule has 2 aromatic rings. The van der Waals surface area contributed by atoms with Crippen LogP contribution in [0.25, 0.3) is 0 Å². The number of carbonyl (C=O) groups is 4. The number of ketones is 1. The Kier molecular flexibility index (Phi) is 3.91. The average molecular weight is 468 g/mol. The first-order valence-electron chi connectivity index (χ1n) is 12.8. The van der Waals surface area contributed by atoms with Gasteiger partial charge in [0.25, 0.3) is 5.91 Å². The first-order chi connectivity index (χ1) is 17.9. The summed E-state index contributed by atoms with van der Waals surface area (Å²) >= 11 is 5.70. The summed E-state index contributed by atoms with van der Waals surface area (Å²) in [6.45, 7) is -0.642. The minimum Gasteiger partial charge on any atom is -0.322 e. The molecule has 6 nitrogen and oxygen atoms in total. The molecule has 3 amide bonds. The average Bonchev–Trinajstić information content (AvgIpc) is 3.22. The van der Waals surface area contributed by atoms with Crippen LogP contribution < -0.4 is 5.31 Å². The van der Waals surface area contributed by atoms with Crippen molar-refractivity contribution < 1.29 is 37.6 Å². The molecule has 0 spiro atoms. The van der Waals surface area contributed by atoms with Crippen molar-refractivity contribution in [2.75, 3.05) is 0 Å². The largest absolute Gasteiger partial charge is 0.330 e. The van der Waals surface area contributed by atoms with Crippen LogP contribution >= 0.6 is 11.6 Å². The summed E-state index contributed by atoms with van der Waals surface area (Å²) in [5, 5.41) is -0.291. The number of nitrogens with one attached hydrogen (secondary N) is 1. The van der Waals surface area contributed by atoms with E-state index in [1.54, 1.807) is 0 Å². The molecular weight excluding hydrogens is 442 g/mol. The van der Waals surface area contributed by atoms with Crippen molar-refractivity contribution in [3.05, 3.63) is 69.7 Å². The van der Waals surface area contributed by atoms with Gasteiger partial charge >= 0.3 is 5.92 Å². The minimum absolute atomic E-state index is 0.0355. The molecule has 2 heterocycles. The smallest absolute Gasteiger partial charge is 0.322 e. The Labute approximate surface area is 197 Å². The van der Waals surface area contributed by atoms with Crippen molar-refractivity contribution >= 4 is 35.1 Å². The van der Waals surface area contributed by atoms with Crippen LogP contribution in [-0.4, -0.2) is 34.4 Å². The third-order valence-corrected chi connectivity index (χ3v) is 5.23. The van der Waals surface area contributed by atoms with Crippen molar-refractivity contribution in [1.82, 2.24) is 10.2 Å². The molecule has 2 atom stereocenters. The number of hydrogen-bond acceptors (Lipinski definition) is 4. The van der Waals surface area contributed by atoms with Crippen LogP contribution in [0.5, 0.6) is 0 Å². The number of rotatable bonds is 6. The molecule has 1 fully saturated rings. The predicted octanol–water partition coefficient (Wildman–Crippen LogP) is 3.39. The summed E-state index contributed by atoms with van der Waals surface area (Å²) in [4.78, 5) is 50.7. The van der Waals surface area contributed by atoms with Crippen molar-refractivity contribution in [2.24, 2.45) is 0 Å². The third kappa shape index (κ3) is 4.14. The van der Waals surface area contributed by atoms with Crippen molar-refractivity contribution in [3.63, 3.8) is 0 Å². The molecule has 0 radical (unpaired) electrons. The number of hydrogen-bond donors (Lipinski definition) is 1. The van der Waals surface area contributed by atoms with Gasteiger partial charge in [0.05, 0.1) is 1.37 Å². The number of Topliss-reactive ketones (excluding diaryl/α,β-unsaturated/α-hetero) is 1. The van der Waals surface area contributed by atoms with E-state index in [4.69, 9.17) is 21.2 Å². The predicted molar refractivity (Wildman–Crippen MR) is 111 cm³/mol. The van der Waals surface area contributed by atoms with E-state index in [1.807, 2.05) is 0 Å². The maximum Gasteiger partial charge on any atom is 0.330 e. The maximum atomic E-state index is 14.7. The highest BCUT2D eigenvalue weighted by atomic mass is 35.5. The molecule has 0 saturated carbocycles. The highest BCUT2D eigenvalue weighted by Crippen LogP contribution is 2.32. The number of nitrogens with zero attached hydrogens (tertiary/aromatic N) is 1. The summed E-state index contributed by atoms with van der Waals surface area (Å²) < 4.78 is 85.7. The number of alkyl halides is 2. The topological polar surface area (TPSA) is 83.6 Å². The maximum absolute atomic E-state index is 14.7. The van der Waals surface area contributed by atoms with Crippen LogP contribution in [0.1, 0.15) is 54.4 Å². The Morgan fingerprint density at radius 1 is 1.28 bits per heavy atom. The Morgan fingerprint density at radius 3 is 2.72 bits per heavy atom. The highest BCUT2D eigenvalue weighted by Gasteiger charge is 2.41. The van der Waals surface area contributed by atoms with Gasteiger partial charge in [0.1, 0.15) is 6.02 Å². The van der Waals surface area contributed by atoms with Crippen LogP contribution in [0.3, 0.4) is 0 Å². The molecule has 0 aliphatic carbocycles. The summed E-state index contributed by atoms with van der Waals surface area (Å²) in [6, 6.07) is 4.59. The van der Waals surface area contributed by atoms with E-state index in [0.717, 1.165) is 18.2 Å². The van der Waals surface area contributed by atoms with E-state index < -0.39 is 78.4 Å². The first kappa shape index (κ1) is 14.8. The van der Waals surface area contributed by atoms with E-state index in [2.05, 4.69) is 0 Å². The number of aryl methyl sites for hydroxylation is 1. The fraction of sp³-hybridized carbons (Fsp3) is 0.304. The van der Waals surface area contributed by atoms with Crippen molar-refractivity contribution in [1.29, 1.82) is 0 Å². The van der Waals surface area contributed by atoms with Gasteiger partial charge in [-0.15, -0.1) is 0 Å². The van der Waals surface area contributed by atoms with Gasteiger partial charge in [-0.25, -0.2) is 0 Å². The molecular formula is C23H19ClF2N2O4. The number of amides is 3. The number of halogens is 3. The SMILES string of the molecule is [2H]C(CC(=O)C(F)(F)c1ccc(Cl)cc1)c1ccc2c(c1)CN([C@]1([2H])C(=O)N([2H])C(=O)C([2H])([2H])C1([2H])[2H])C2=O. The number of fused-ring (bicyclic) bond motifs is 1. The molecule has 1 saturated heterocycles. The van der Waals surface area contributed by atoms with Gasteiger partial charge < -0.3 is 4.90 Å². The van der Waals surface area contributed by atoms with Gasteiger partial charge in [0.2, 0.25) is 17.6 Å². The lowest BCUT2D eigenvalue weighted by atomic mass is 9.97. The van der Waals surface area contributed by atoms with Gasteiger partial charge in [-0.05, 0) is 42.1 Å². The fourth-order valence-corrected chi connectivity index (χ4v) is 3.46. The summed E-state index contributed by atoms with van der Waals surface area (Å²) in [5.74, 6) is -10.1. The second-order valence-corrected chi connectivity index (χ2v) is 7.48. The van der Waals surface area contributed by atoms with Crippen LogP contribution in [-0.2, 0) is 33.2 Å². The molecule has 2 aliphatic rings. The van der Waals surface area contributed by atoms with Crippen LogP contribution in [0.4, 0.5) is 8.78 Å². The van der Waals surface area contributed by atoms with Gasteiger partial charge in [0.15, 0.2) is 1.41 Å². The van der Waals surface area contributed by atoms with E-state index in [-0.39, 0.29) is 21.7 Å². The molecule has 0 aromatic heterocycles. The fourth-order valence-electron chi connectivity index (χ4n) is 3.33. The lowest BCUT2D eigenvalue weighted by molar-refractivity contribution is -0.144. The van der Waals surface area contributed by atoms with Gasteiger partial charge in [0, 0.05) is 42.3 Å². The second-order valence-electron chi connectivity index (χ2n) is 7.04. The Balaban J connectivity index is 1.60. The molecule has 166 valence electrons. The van der Waals surface area contributed by atoms with E-state index in [1.165, 1.54) is 24.3 Å². The molecule has 32 heavy (non-hydrogen) atoms. The Hall–Kier alpha value is -3.13. The normalized spacial score (nSPS) is 28.5. The standard InChI is InChI=1S/C23H19ClF2N2O4/c24-16-5-3-15(4-6-16)23(25,26)19(29)9-2-13-1-7-17-14(11-13)12-28(22(17)32)18-8-10-20(30)27-21(18)31/h1,3-7,11,18H,2,8-10,12H2,(H,27,30,31)/t18-/m0/s1/i2D,8D2,10D2,18D/hD/t2?,18-. The first-order valence-corrected chi connectivity index (χ1v) is 9.69. The third-order valence-electron chi connectivity index (χ3n) is 4.98. The lowest BCUT2D eigenvalue weighted by Gasteiger charge is -2.29. The molecule has 2 aliphatic heterocycles. The van der Waals surface area contributed by atoms with E-state index in [0.29, 0.717) is 4.90 Å². The molecule has 9 heteroatoms. The van der Waals surface area contributed by atoms with Crippen LogP contribution in [0.15, 0.2) is 42.5 Å². The van der Waals surface area contributed by atoms with Crippen LogP contribution in [0, 0.1) is 0 Å². The molecule has 0 bridgehead atoms. The summed E-state index contributed by atoms with van der Waals surface area (Å²) in [7, 11) is 0. The van der Waals surface area contributed by atoms with Gasteiger partial charge in [-0.3, -0.25) is 24.5 Å². The monoisotopic (exact) mass is 467 g/mol. The zero-order chi connectivity index (χ0) is 29.3. The molecule has 1 unspecified atom stereocenters. The molecule has 2 aromatic carbocycles. The quantitative estimate of drug-likeness (QED) is 0.660. The summed E-state index contributed by atoms with van der Waals surface area (Å²) in [5.41, 5.74) is -0.662. The van der Waals surface area contributed by atoms with Crippen LogP contribution in [0.2, 0.25) is 6.43 Å². The Morgan fingerprint density at radius 2 is 2.00 bits per heavy atom. The van der Waals surface area contributed by atoms with E-state index in [9.17, 15) is 28.0 Å². The van der Waals surface area contributed by atoms with Crippen molar-refractivity contribution in [3.8, 4) is 0 Å². The number of piperidine rings is 1.